The second kappa shape index (κ2) is 6.40. The molecular weight excluding hydrogens is 332 g/mol. The van der Waals surface area contributed by atoms with E-state index in [1.54, 1.807) is 13.4 Å². The molecule has 10 heteroatoms. The average molecular weight is 348 g/mol. The molecule has 24 heavy (non-hydrogen) atoms. The molecule has 0 saturated carbocycles. The number of nitrogens with one attached hydrogen (secondary N) is 2. The van der Waals surface area contributed by atoms with Crippen molar-refractivity contribution in [3.8, 4) is 0 Å². The number of aromatic nitrogens is 4. The molecule has 3 heterocycles. The smallest absolute Gasteiger partial charge is 0.306 e. The summed E-state index contributed by atoms with van der Waals surface area (Å²) in [5.41, 5.74) is 2.24. The Bertz CT molecular complexity index is 932. The van der Waals surface area contributed by atoms with E-state index in [0.717, 1.165) is 11.0 Å². The van der Waals surface area contributed by atoms with Crippen molar-refractivity contribution < 1.29 is 14.3 Å². The van der Waals surface area contributed by atoms with Crippen LogP contribution >= 0.6 is 11.3 Å². The predicted octanol–water partition coefficient (Wildman–Crippen LogP) is 1.51. The van der Waals surface area contributed by atoms with Crippen molar-refractivity contribution in [2.75, 3.05) is 24.8 Å². The number of hydrogen-bond acceptors (Lipinski definition) is 8. The number of carbonyl (C=O) groups is 2. The first-order valence-corrected chi connectivity index (χ1v) is 8.01. The standard InChI is InChI=1S/C14H16N6O3S/c1-15-12-9-11(20(2)6-16-9)10-13(19-12)24-14(18-10)17-7(21)4-5-8(22)23-3/h6H,4-5H2,1-3H3,(H,15,19)(H,17,18,21). The third kappa shape index (κ3) is 2.87. The van der Waals surface area contributed by atoms with Crippen LogP contribution in [-0.4, -0.2) is 45.6 Å². The molecule has 3 aromatic heterocycles. The number of fused-ring (bicyclic) bond motifs is 3. The number of rotatable bonds is 5. The summed E-state index contributed by atoms with van der Waals surface area (Å²) in [7, 11) is 4.94. The SMILES string of the molecule is CNc1nc2sc(NC(=O)CCC(=O)OC)nc2c2c1ncn2C. The lowest BCUT2D eigenvalue weighted by Crippen LogP contribution is -2.13. The fourth-order valence-corrected chi connectivity index (χ4v) is 3.17. The number of esters is 1. The second-order valence-corrected chi connectivity index (χ2v) is 6.04. The van der Waals surface area contributed by atoms with Crippen LogP contribution in [0.2, 0.25) is 0 Å². The molecule has 0 fully saturated rings. The Hall–Kier alpha value is -2.75. The Morgan fingerprint density at radius 1 is 1.29 bits per heavy atom. The highest BCUT2D eigenvalue weighted by molar-refractivity contribution is 7.22. The molecule has 126 valence electrons. The summed E-state index contributed by atoms with van der Waals surface area (Å²) in [5, 5.41) is 6.15. The maximum Gasteiger partial charge on any atom is 0.306 e. The van der Waals surface area contributed by atoms with E-state index in [0.29, 0.717) is 21.3 Å². The van der Waals surface area contributed by atoms with E-state index >= 15 is 0 Å². The molecule has 0 saturated heterocycles. The minimum atomic E-state index is -0.425. The van der Waals surface area contributed by atoms with Gasteiger partial charge in [-0.15, -0.1) is 0 Å². The van der Waals surface area contributed by atoms with Crippen molar-refractivity contribution in [1.29, 1.82) is 0 Å². The lowest BCUT2D eigenvalue weighted by atomic mass is 10.3. The number of pyridine rings is 1. The topological polar surface area (TPSA) is 111 Å². The first-order valence-electron chi connectivity index (χ1n) is 7.19. The van der Waals surface area contributed by atoms with E-state index < -0.39 is 5.97 Å². The Morgan fingerprint density at radius 2 is 2.08 bits per heavy atom. The molecule has 3 aromatic rings. The van der Waals surface area contributed by atoms with Crippen molar-refractivity contribution in [2.24, 2.45) is 7.05 Å². The normalized spacial score (nSPS) is 11.0. The predicted molar refractivity (Wildman–Crippen MR) is 91.1 cm³/mol. The van der Waals surface area contributed by atoms with Crippen LogP contribution in [-0.2, 0) is 21.4 Å². The van der Waals surface area contributed by atoms with E-state index in [4.69, 9.17) is 0 Å². The van der Waals surface area contributed by atoms with Crippen LogP contribution < -0.4 is 10.6 Å². The van der Waals surface area contributed by atoms with Gasteiger partial charge in [0.15, 0.2) is 10.9 Å². The molecule has 1 amide bonds. The molecule has 0 aromatic carbocycles. The average Bonchev–Trinajstić information content (AvgIpc) is 3.14. The molecule has 3 rings (SSSR count). The third-order valence-electron chi connectivity index (χ3n) is 3.48. The van der Waals surface area contributed by atoms with Gasteiger partial charge in [-0.1, -0.05) is 11.3 Å². The minimum Gasteiger partial charge on any atom is -0.469 e. The number of anilines is 2. The number of amides is 1. The maximum absolute atomic E-state index is 11.9. The van der Waals surface area contributed by atoms with Crippen LogP contribution in [0.4, 0.5) is 10.9 Å². The molecule has 0 atom stereocenters. The lowest BCUT2D eigenvalue weighted by Gasteiger charge is -2.01. The van der Waals surface area contributed by atoms with E-state index in [9.17, 15) is 9.59 Å². The van der Waals surface area contributed by atoms with Gasteiger partial charge in [-0.05, 0) is 0 Å². The van der Waals surface area contributed by atoms with Gasteiger partial charge in [-0.25, -0.2) is 15.0 Å². The van der Waals surface area contributed by atoms with Crippen LogP contribution in [0.5, 0.6) is 0 Å². The van der Waals surface area contributed by atoms with E-state index in [-0.39, 0.29) is 18.7 Å². The minimum absolute atomic E-state index is 0.0291. The number of ether oxygens (including phenoxy) is 1. The van der Waals surface area contributed by atoms with E-state index in [1.165, 1.54) is 18.4 Å². The highest BCUT2D eigenvalue weighted by atomic mass is 32.1. The number of nitrogens with zero attached hydrogens (tertiary/aromatic N) is 4. The quantitative estimate of drug-likeness (QED) is 0.672. The first-order chi connectivity index (χ1) is 11.5. The molecule has 0 aliphatic carbocycles. The van der Waals surface area contributed by atoms with Crippen molar-refractivity contribution >= 4 is 55.5 Å². The molecule has 0 radical (unpaired) electrons. The molecule has 0 spiro atoms. The summed E-state index contributed by atoms with van der Waals surface area (Å²) in [4.78, 5) is 37.0. The molecule has 0 aliphatic heterocycles. The van der Waals surface area contributed by atoms with Gasteiger partial charge in [0, 0.05) is 20.5 Å². The molecule has 2 N–H and O–H groups in total. The van der Waals surface area contributed by atoms with Crippen molar-refractivity contribution in [2.45, 2.75) is 12.8 Å². The molecular formula is C14H16N6O3S. The van der Waals surface area contributed by atoms with Crippen molar-refractivity contribution in [3.05, 3.63) is 6.33 Å². The molecule has 9 nitrogen and oxygen atoms in total. The van der Waals surface area contributed by atoms with Gasteiger partial charge in [0.05, 0.1) is 19.9 Å². The maximum atomic E-state index is 11.9. The van der Waals surface area contributed by atoms with Crippen LogP contribution in [0.3, 0.4) is 0 Å². The highest BCUT2D eigenvalue weighted by Gasteiger charge is 2.17. The van der Waals surface area contributed by atoms with Gasteiger partial charge in [0.2, 0.25) is 5.91 Å². The molecule has 0 aliphatic rings. The van der Waals surface area contributed by atoms with Crippen LogP contribution in [0.15, 0.2) is 6.33 Å². The number of carbonyl (C=O) groups excluding carboxylic acids is 2. The van der Waals surface area contributed by atoms with Gasteiger partial charge in [0.1, 0.15) is 21.4 Å². The number of hydrogen-bond donors (Lipinski definition) is 2. The Labute approximate surface area is 141 Å². The zero-order valence-electron chi connectivity index (χ0n) is 13.4. The Morgan fingerprint density at radius 3 is 2.79 bits per heavy atom. The van der Waals surface area contributed by atoms with Gasteiger partial charge < -0.3 is 19.9 Å². The third-order valence-corrected chi connectivity index (χ3v) is 4.34. The van der Waals surface area contributed by atoms with Gasteiger partial charge >= 0.3 is 5.97 Å². The summed E-state index contributed by atoms with van der Waals surface area (Å²) in [6.07, 6.45) is 1.76. The second-order valence-electron chi connectivity index (χ2n) is 5.06. The summed E-state index contributed by atoms with van der Waals surface area (Å²) >= 11 is 1.27. The fourth-order valence-electron chi connectivity index (χ4n) is 2.31. The Balaban J connectivity index is 1.91. The lowest BCUT2D eigenvalue weighted by molar-refractivity contribution is -0.141. The number of imidazole rings is 1. The van der Waals surface area contributed by atoms with E-state index in [1.807, 2.05) is 11.6 Å². The Kier molecular flexibility index (Phi) is 4.30. The molecule has 0 bridgehead atoms. The summed E-state index contributed by atoms with van der Waals surface area (Å²) in [6, 6.07) is 0. The largest absolute Gasteiger partial charge is 0.469 e. The zero-order valence-corrected chi connectivity index (χ0v) is 14.2. The number of thiazole rings is 1. The fraction of sp³-hybridized carbons (Fsp3) is 0.357. The van der Waals surface area contributed by atoms with Gasteiger partial charge in [-0.3, -0.25) is 9.59 Å². The highest BCUT2D eigenvalue weighted by Crippen LogP contribution is 2.32. The summed E-state index contributed by atoms with van der Waals surface area (Å²) in [5.74, 6) is -0.0637. The van der Waals surface area contributed by atoms with Gasteiger partial charge in [-0.2, -0.15) is 0 Å². The van der Waals surface area contributed by atoms with Crippen molar-refractivity contribution in [3.63, 3.8) is 0 Å². The number of aryl methyl sites for hydroxylation is 1. The summed E-state index contributed by atoms with van der Waals surface area (Å²) < 4.78 is 6.38. The van der Waals surface area contributed by atoms with Crippen LogP contribution in [0.25, 0.3) is 21.4 Å². The number of methoxy groups -OCH3 is 1. The molecule has 0 unspecified atom stereocenters. The van der Waals surface area contributed by atoms with Crippen LogP contribution in [0.1, 0.15) is 12.8 Å². The summed E-state index contributed by atoms with van der Waals surface area (Å²) in [6.45, 7) is 0. The van der Waals surface area contributed by atoms with E-state index in [2.05, 4.69) is 30.3 Å². The van der Waals surface area contributed by atoms with Crippen molar-refractivity contribution in [1.82, 2.24) is 19.5 Å². The first kappa shape index (κ1) is 16.1. The monoisotopic (exact) mass is 348 g/mol. The zero-order chi connectivity index (χ0) is 17.3. The van der Waals surface area contributed by atoms with Crippen LogP contribution in [0, 0.1) is 0 Å². The van der Waals surface area contributed by atoms with Gasteiger partial charge in [0.25, 0.3) is 0 Å².